The van der Waals surface area contributed by atoms with Gasteiger partial charge in [-0.25, -0.2) is 13.6 Å². The number of halogens is 2. The molecule has 1 aromatic heterocycles. The molecule has 0 saturated heterocycles. The monoisotopic (exact) mass is 281 g/mol. The maximum absolute atomic E-state index is 13.4. The van der Waals surface area contributed by atoms with E-state index < -0.39 is 40.0 Å². The van der Waals surface area contributed by atoms with E-state index in [9.17, 15) is 23.2 Å². The first kappa shape index (κ1) is 13.7. The molecule has 0 radical (unpaired) electrons. The SMILES string of the molecule is Cn1cc(C(=O)Nc2cc(F)ccc2F)c(=O)[nH]c1=O. The molecule has 2 N–H and O–H groups in total. The number of rotatable bonds is 2. The van der Waals surface area contributed by atoms with Gasteiger partial charge in [-0.15, -0.1) is 0 Å². The summed E-state index contributed by atoms with van der Waals surface area (Å²) in [5.41, 5.74) is -2.40. The smallest absolute Gasteiger partial charge is 0.319 e. The number of anilines is 1. The number of nitrogens with one attached hydrogen (secondary N) is 2. The molecule has 0 unspecified atom stereocenters. The fourth-order valence-electron chi connectivity index (χ4n) is 1.51. The molecule has 0 saturated carbocycles. The minimum Gasteiger partial charge on any atom is -0.319 e. The lowest BCUT2D eigenvalue weighted by Gasteiger charge is -2.06. The van der Waals surface area contributed by atoms with Crippen molar-refractivity contribution in [1.82, 2.24) is 9.55 Å². The number of aryl methyl sites for hydroxylation is 1. The van der Waals surface area contributed by atoms with Gasteiger partial charge in [0.1, 0.15) is 17.2 Å². The first-order chi connectivity index (χ1) is 9.38. The zero-order valence-corrected chi connectivity index (χ0v) is 10.2. The summed E-state index contributed by atoms with van der Waals surface area (Å²) in [7, 11) is 1.33. The van der Waals surface area contributed by atoms with Crippen molar-refractivity contribution in [2.75, 3.05) is 5.32 Å². The van der Waals surface area contributed by atoms with Gasteiger partial charge in [-0.2, -0.15) is 0 Å². The summed E-state index contributed by atoms with van der Waals surface area (Å²) in [5.74, 6) is -2.54. The largest absolute Gasteiger partial charge is 0.328 e. The van der Waals surface area contributed by atoms with Crippen molar-refractivity contribution < 1.29 is 13.6 Å². The lowest BCUT2D eigenvalue weighted by Crippen LogP contribution is -2.33. The molecule has 6 nitrogen and oxygen atoms in total. The molecule has 0 atom stereocenters. The highest BCUT2D eigenvalue weighted by Crippen LogP contribution is 2.15. The lowest BCUT2D eigenvalue weighted by molar-refractivity contribution is 0.102. The number of carbonyl (C=O) groups excluding carboxylic acids is 1. The predicted molar refractivity (Wildman–Crippen MR) is 66.6 cm³/mol. The Morgan fingerprint density at radius 2 is 2.00 bits per heavy atom. The first-order valence-corrected chi connectivity index (χ1v) is 5.45. The molecule has 1 amide bonds. The van der Waals surface area contributed by atoms with Gasteiger partial charge >= 0.3 is 5.69 Å². The summed E-state index contributed by atoms with van der Waals surface area (Å²) in [6.45, 7) is 0. The summed E-state index contributed by atoms with van der Waals surface area (Å²) < 4.78 is 27.3. The van der Waals surface area contributed by atoms with Crippen molar-refractivity contribution in [2.24, 2.45) is 7.05 Å². The minimum atomic E-state index is -0.952. The van der Waals surface area contributed by atoms with Gasteiger partial charge in [0.25, 0.3) is 11.5 Å². The fourth-order valence-corrected chi connectivity index (χ4v) is 1.51. The molecule has 1 aromatic carbocycles. The van der Waals surface area contributed by atoms with Gasteiger partial charge < -0.3 is 9.88 Å². The number of hydrogen-bond acceptors (Lipinski definition) is 3. The first-order valence-electron chi connectivity index (χ1n) is 5.45. The molecule has 2 aromatic rings. The van der Waals surface area contributed by atoms with Crippen LogP contribution >= 0.6 is 0 Å². The topological polar surface area (TPSA) is 84.0 Å². The van der Waals surface area contributed by atoms with Crippen LogP contribution in [0.1, 0.15) is 10.4 Å². The molecule has 0 fully saturated rings. The highest BCUT2D eigenvalue weighted by molar-refractivity contribution is 6.03. The highest BCUT2D eigenvalue weighted by atomic mass is 19.1. The summed E-state index contributed by atoms with van der Waals surface area (Å²) in [4.78, 5) is 36.4. The third-order valence-corrected chi connectivity index (χ3v) is 2.53. The van der Waals surface area contributed by atoms with E-state index in [1.54, 1.807) is 0 Å². The Labute approximate surface area is 110 Å². The van der Waals surface area contributed by atoms with Crippen molar-refractivity contribution in [3.8, 4) is 0 Å². The van der Waals surface area contributed by atoms with Crippen LogP contribution in [0, 0.1) is 11.6 Å². The molecule has 1 heterocycles. The van der Waals surface area contributed by atoms with Gasteiger partial charge in [0.2, 0.25) is 0 Å². The van der Waals surface area contributed by atoms with Crippen LogP contribution in [-0.2, 0) is 7.05 Å². The standard InChI is InChI=1S/C12H9F2N3O3/c1-17-5-7(11(19)16-12(17)20)10(18)15-9-4-6(13)2-3-8(9)14/h2-5H,1H3,(H,15,18)(H,16,19,20). The molecule has 0 aliphatic rings. The van der Waals surface area contributed by atoms with Crippen LogP contribution < -0.4 is 16.6 Å². The van der Waals surface area contributed by atoms with Crippen LogP contribution in [-0.4, -0.2) is 15.5 Å². The van der Waals surface area contributed by atoms with Gasteiger partial charge in [0.15, 0.2) is 0 Å². The Hall–Kier alpha value is -2.77. The maximum atomic E-state index is 13.4. The van der Waals surface area contributed by atoms with Gasteiger partial charge in [0.05, 0.1) is 5.69 Å². The quantitative estimate of drug-likeness (QED) is 0.845. The average Bonchev–Trinajstić information content (AvgIpc) is 2.38. The van der Waals surface area contributed by atoms with E-state index >= 15 is 0 Å². The third-order valence-electron chi connectivity index (χ3n) is 2.53. The van der Waals surface area contributed by atoms with Gasteiger partial charge in [0, 0.05) is 19.3 Å². The Balaban J connectivity index is 2.38. The normalized spacial score (nSPS) is 10.3. The molecule has 20 heavy (non-hydrogen) atoms. The number of H-pyrrole nitrogens is 1. The molecule has 0 spiro atoms. The van der Waals surface area contributed by atoms with Crippen LogP contribution in [0.2, 0.25) is 0 Å². The van der Waals surface area contributed by atoms with Crippen molar-refractivity contribution in [3.05, 3.63) is 62.4 Å². The Morgan fingerprint density at radius 1 is 1.30 bits per heavy atom. The van der Waals surface area contributed by atoms with Crippen molar-refractivity contribution in [2.45, 2.75) is 0 Å². The number of nitrogens with zero attached hydrogens (tertiary/aromatic N) is 1. The molecule has 0 aliphatic carbocycles. The lowest BCUT2D eigenvalue weighted by atomic mass is 10.2. The highest BCUT2D eigenvalue weighted by Gasteiger charge is 2.14. The number of hydrogen-bond donors (Lipinski definition) is 2. The van der Waals surface area contributed by atoms with E-state index in [2.05, 4.69) is 5.32 Å². The molecule has 2 rings (SSSR count). The number of benzene rings is 1. The summed E-state index contributed by atoms with van der Waals surface area (Å²) in [6.07, 6.45) is 1.01. The van der Waals surface area contributed by atoms with Crippen molar-refractivity contribution in [1.29, 1.82) is 0 Å². The third kappa shape index (κ3) is 2.63. The Kier molecular flexibility index (Phi) is 3.47. The molecule has 104 valence electrons. The van der Waals surface area contributed by atoms with Crippen LogP contribution in [0.15, 0.2) is 34.0 Å². The second-order valence-corrected chi connectivity index (χ2v) is 3.99. The fraction of sp³-hybridized carbons (Fsp3) is 0.0833. The summed E-state index contributed by atoms with van der Waals surface area (Å²) in [6, 6.07) is 2.52. The number of amides is 1. The number of carbonyl (C=O) groups is 1. The summed E-state index contributed by atoms with van der Waals surface area (Å²) in [5, 5.41) is 2.07. The molecule has 8 heteroatoms. The molecular formula is C12H9F2N3O3. The van der Waals surface area contributed by atoms with Crippen molar-refractivity contribution in [3.63, 3.8) is 0 Å². The average molecular weight is 281 g/mol. The van der Waals surface area contributed by atoms with E-state index in [0.717, 1.165) is 29.0 Å². The molecular weight excluding hydrogens is 272 g/mol. The minimum absolute atomic E-state index is 0.393. The Bertz CT molecular complexity index is 795. The van der Waals surface area contributed by atoms with E-state index in [-0.39, 0.29) is 0 Å². The van der Waals surface area contributed by atoms with E-state index in [0.29, 0.717) is 0 Å². The van der Waals surface area contributed by atoms with E-state index in [4.69, 9.17) is 0 Å². The number of aromatic nitrogens is 2. The molecule has 0 aliphatic heterocycles. The van der Waals surface area contributed by atoms with Crippen molar-refractivity contribution >= 4 is 11.6 Å². The predicted octanol–water partition coefficient (Wildman–Crippen LogP) is 0.604. The zero-order valence-electron chi connectivity index (χ0n) is 10.2. The zero-order chi connectivity index (χ0) is 14.9. The Morgan fingerprint density at radius 3 is 2.70 bits per heavy atom. The van der Waals surface area contributed by atoms with Gasteiger partial charge in [-0.05, 0) is 12.1 Å². The van der Waals surface area contributed by atoms with Gasteiger partial charge in [-0.3, -0.25) is 14.6 Å². The second-order valence-electron chi connectivity index (χ2n) is 3.99. The van der Waals surface area contributed by atoms with E-state index in [1.165, 1.54) is 7.05 Å². The maximum Gasteiger partial charge on any atom is 0.328 e. The van der Waals surface area contributed by atoms with Crippen LogP contribution in [0.4, 0.5) is 14.5 Å². The number of aromatic amines is 1. The van der Waals surface area contributed by atoms with E-state index in [1.807, 2.05) is 4.98 Å². The van der Waals surface area contributed by atoms with Crippen LogP contribution in [0.25, 0.3) is 0 Å². The summed E-state index contributed by atoms with van der Waals surface area (Å²) >= 11 is 0. The van der Waals surface area contributed by atoms with Crippen LogP contribution in [0.5, 0.6) is 0 Å². The second kappa shape index (κ2) is 5.08. The van der Waals surface area contributed by atoms with Gasteiger partial charge in [-0.1, -0.05) is 0 Å². The van der Waals surface area contributed by atoms with Crippen LogP contribution in [0.3, 0.4) is 0 Å². The molecule has 0 bridgehead atoms.